The number of imidazole rings is 1. The number of benzene rings is 2. The van der Waals surface area contributed by atoms with Gasteiger partial charge in [-0.3, -0.25) is 4.79 Å². The zero-order chi connectivity index (χ0) is 22.9. The third-order valence-electron chi connectivity index (χ3n) is 5.43. The van der Waals surface area contributed by atoms with Crippen LogP contribution in [0.4, 0.5) is 5.69 Å². The minimum Gasteiger partial charge on any atom is -0.310 e. The highest BCUT2D eigenvalue weighted by atomic mass is 16.2. The number of carbonyl (C=O) groups excluding carboxylic acids is 1. The van der Waals surface area contributed by atoms with E-state index in [-0.39, 0.29) is 11.6 Å². The summed E-state index contributed by atoms with van der Waals surface area (Å²) in [5, 5.41) is 18.3. The molecule has 156 valence electrons. The van der Waals surface area contributed by atoms with Crippen LogP contribution in [0.3, 0.4) is 0 Å². The summed E-state index contributed by atoms with van der Waals surface area (Å²) in [6.45, 7) is 3.76. The molecule has 1 amide bonds. The van der Waals surface area contributed by atoms with Crippen molar-refractivity contribution >= 4 is 17.2 Å². The highest BCUT2D eigenvalue weighted by molar-refractivity contribution is 6.04. The molecule has 0 aliphatic carbocycles. The molecule has 2 aromatic heterocycles. The molecule has 0 saturated heterocycles. The first kappa shape index (κ1) is 20.8. The van der Waals surface area contributed by atoms with E-state index >= 15 is 0 Å². The molecule has 0 bridgehead atoms. The van der Waals surface area contributed by atoms with Crippen molar-refractivity contribution in [2.24, 2.45) is 0 Å². The van der Waals surface area contributed by atoms with Gasteiger partial charge in [-0.1, -0.05) is 24.3 Å². The Morgan fingerprint density at radius 2 is 1.72 bits per heavy atom. The molecule has 0 fully saturated rings. The Kier molecular flexibility index (Phi) is 5.18. The monoisotopic (exact) mass is 420 g/mol. The molecule has 7 heteroatoms. The second-order valence-electron chi connectivity index (χ2n) is 8.00. The fourth-order valence-corrected chi connectivity index (χ4v) is 3.32. The topological polar surface area (TPSA) is 98.1 Å². The number of anilines is 1. The number of aromatic nitrogens is 3. The van der Waals surface area contributed by atoms with Gasteiger partial charge in [-0.2, -0.15) is 10.5 Å². The van der Waals surface area contributed by atoms with Gasteiger partial charge >= 0.3 is 0 Å². The van der Waals surface area contributed by atoms with Crippen LogP contribution in [0.15, 0.2) is 67.1 Å². The van der Waals surface area contributed by atoms with E-state index < -0.39 is 5.41 Å². The summed E-state index contributed by atoms with van der Waals surface area (Å²) in [7, 11) is 1.67. The van der Waals surface area contributed by atoms with E-state index in [2.05, 4.69) is 22.1 Å². The van der Waals surface area contributed by atoms with Crippen molar-refractivity contribution in [2.45, 2.75) is 19.3 Å². The summed E-state index contributed by atoms with van der Waals surface area (Å²) >= 11 is 0. The van der Waals surface area contributed by atoms with E-state index in [1.54, 1.807) is 48.1 Å². The number of fused-ring (bicyclic) bond motifs is 1. The van der Waals surface area contributed by atoms with Crippen molar-refractivity contribution in [2.75, 3.05) is 11.9 Å². The van der Waals surface area contributed by atoms with Crippen molar-refractivity contribution in [3.63, 3.8) is 0 Å². The molecule has 0 saturated carbocycles. The second-order valence-corrected chi connectivity index (χ2v) is 8.00. The number of rotatable bonds is 4. The molecule has 2 aromatic carbocycles. The molecule has 0 radical (unpaired) electrons. The molecule has 7 nitrogen and oxygen atoms in total. The van der Waals surface area contributed by atoms with Crippen LogP contribution in [0.1, 0.15) is 35.5 Å². The van der Waals surface area contributed by atoms with Gasteiger partial charge in [0.05, 0.1) is 35.0 Å². The van der Waals surface area contributed by atoms with Crippen LogP contribution in [-0.4, -0.2) is 27.3 Å². The molecule has 0 atom stereocenters. The number of hydrogen-bond acceptors (Lipinski definition) is 5. The zero-order valence-electron chi connectivity index (χ0n) is 17.9. The van der Waals surface area contributed by atoms with Crippen LogP contribution in [-0.2, 0) is 5.41 Å². The van der Waals surface area contributed by atoms with Gasteiger partial charge in [0.25, 0.3) is 5.91 Å². The summed E-state index contributed by atoms with van der Waals surface area (Å²) in [5.41, 5.74) is 4.14. The normalized spacial score (nSPS) is 11.0. The molecule has 0 spiro atoms. The van der Waals surface area contributed by atoms with Crippen LogP contribution in [0.25, 0.3) is 16.9 Å². The van der Waals surface area contributed by atoms with Gasteiger partial charge in [0.1, 0.15) is 5.69 Å². The summed E-state index contributed by atoms with van der Waals surface area (Å²) in [6.07, 6.45) is 5.07. The van der Waals surface area contributed by atoms with E-state index in [9.17, 15) is 10.1 Å². The molecule has 4 rings (SSSR count). The van der Waals surface area contributed by atoms with Gasteiger partial charge in [0.15, 0.2) is 5.65 Å². The van der Waals surface area contributed by atoms with E-state index in [1.807, 2.05) is 44.3 Å². The first-order valence-corrected chi connectivity index (χ1v) is 9.97. The van der Waals surface area contributed by atoms with E-state index in [0.717, 1.165) is 16.8 Å². The maximum absolute atomic E-state index is 12.9. The molecule has 2 heterocycles. The van der Waals surface area contributed by atoms with Gasteiger partial charge in [-0.25, -0.2) is 9.97 Å². The SMILES string of the molecule is CN(C(=O)c1cn2cc(-c3ccc(C(C)(C)C#N)cc3)nc2cn1)c1ccc(C#N)cc1. The molecular weight excluding hydrogens is 400 g/mol. The van der Waals surface area contributed by atoms with Crippen LogP contribution in [0.5, 0.6) is 0 Å². The molecule has 0 aliphatic heterocycles. The van der Waals surface area contributed by atoms with Crippen molar-refractivity contribution in [3.05, 3.63) is 83.9 Å². The van der Waals surface area contributed by atoms with Gasteiger partial charge in [-0.05, 0) is 43.7 Å². The van der Waals surface area contributed by atoms with E-state index in [1.165, 1.54) is 4.90 Å². The maximum Gasteiger partial charge on any atom is 0.278 e. The quantitative estimate of drug-likeness (QED) is 0.489. The van der Waals surface area contributed by atoms with Crippen molar-refractivity contribution in [3.8, 4) is 23.4 Å². The van der Waals surface area contributed by atoms with Crippen molar-refractivity contribution in [1.29, 1.82) is 10.5 Å². The molecule has 32 heavy (non-hydrogen) atoms. The van der Waals surface area contributed by atoms with E-state index in [0.29, 0.717) is 16.9 Å². The summed E-state index contributed by atoms with van der Waals surface area (Å²) < 4.78 is 1.77. The van der Waals surface area contributed by atoms with Gasteiger partial charge in [0.2, 0.25) is 0 Å². The molecule has 0 N–H and O–H groups in total. The summed E-state index contributed by atoms with van der Waals surface area (Å²) in [5.74, 6) is -0.269. The zero-order valence-corrected chi connectivity index (χ0v) is 17.9. The minimum atomic E-state index is -0.558. The van der Waals surface area contributed by atoms with Gasteiger partial charge < -0.3 is 9.30 Å². The van der Waals surface area contributed by atoms with Crippen LogP contribution >= 0.6 is 0 Å². The third-order valence-corrected chi connectivity index (χ3v) is 5.43. The first-order valence-electron chi connectivity index (χ1n) is 9.97. The van der Waals surface area contributed by atoms with E-state index in [4.69, 9.17) is 5.26 Å². The Morgan fingerprint density at radius 3 is 2.34 bits per heavy atom. The van der Waals surface area contributed by atoms with Gasteiger partial charge in [-0.15, -0.1) is 0 Å². The second kappa shape index (κ2) is 7.98. The first-order chi connectivity index (χ1) is 15.3. The fraction of sp³-hybridized carbons (Fsp3) is 0.160. The van der Waals surface area contributed by atoms with Crippen LogP contribution < -0.4 is 4.90 Å². The molecule has 4 aromatic rings. The average molecular weight is 420 g/mol. The number of nitriles is 2. The van der Waals surface area contributed by atoms with Gasteiger partial charge in [0, 0.05) is 30.7 Å². The number of carbonyl (C=O) groups is 1. The summed E-state index contributed by atoms with van der Waals surface area (Å²) in [4.78, 5) is 23.3. The Hall–Kier alpha value is -4.49. The van der Waals surface area contributed by atoms with Crippen LogP contribution in [0, 0.1) is 22.7 Å². The highest BCUT2D eigenvalue weighted by Gasteiger charge is 2.20. The van der Waals surface area contributed by atoms with Crippen LogP contribution in [0.2, 0.25) is 0 Å². The predicted octanol–water partition coefficient (Wildman–Crippen LogP) is 4.35. The predicted molar refractivity (Wildman–Crippen MR) is 121 cm³/mol. The molecule has 0 unspecified atom stereocenters. The number of amides is 1. The number of hydrogen-bond donors (Lipinski definition) is 0. The average Bonchev–Trinajstić information content (AvgIpc) is 3.26. The van der Waals surface area contributed by atoms with Crippen molar-refractivity contribution in [1.82, 2.24) is 14.4 Å². The lowest BCUT2D eigenvalue weighted by atomic mass is 9.86. The fourth-order valence-electron chi connectivity index (χ4n) is 3.32. The smallest absolute Gasteiger partial charge is 0.278 e. The maximum atomic E-state index is 12.9. The Bertz CT molecular complexity index is 1390. The lowest BCUT2D eigenvalue weighted by molar-refractivity contribution is 0.0988. The Morgan fingerprint density at radius 1 is 1.03 bits per heavy atom. The summed E-state index contributed by atoms with van der Waals surface area (Å²) in [6, 6.07) is 18.9. The minimum absolute atomic E-state index is 0.269. The lowest BCUT2D eigenvalue weighted by Crippen LogP contribution is -2.27. The standard InChI is InChI=1S/C25H20N6O/c1-25(2,16-27)19-8-6-18(7-9-19)21-14-31-15-22(28-13-23(31)29-21)24(32)30(3)20-10-4-17(12-26)5-11-20/h4-11,13-15H,1-3H3. The van der Waals surface area contributed by atoms with Crippen molar-refractivity contribution < 1.29 is 4.79 Å². The molecule has 0 aliphatic rings. The Labute approximate surface area is 185 Å². The molecular formula is C25H20N6O. The largest absolute Gasteiger partial charge is 0.310 e. The Balaban J connectivity index is 1.61. The third kappa shape index (κ3) is 3.80. The lowest BCUT2D eigenvalue weighted by Gasteiger charge is -2.16. The number of nitrogens with zero attached hydrogens (tertiary/aromatic N) is 6. The highest BCUT2D eigenvalue weighted by Crippen LogP contribution is 2.26.